The van der Waals surface area contributed by atoms with Crippen LogP contribution in [0.3, 0.4) is 0 Å². The first kappa shape index (κ1) is 18.8. The van der Waals surface area contributed by atoms with E-state index >= 15 is 0 Å². The lowest BCUT2D eigenvalue weighted by Gasteiger charge is -2.08. The topological polar surface area (TPSA) is 102 Å². The molecule has 0 aliphatic carbocycles. The number of hydrogen-bond donors (Lipinski definition) is 2. The second-order valence-corrected chi connectivity index (χ2v) is 6.38. The Kier molecular flexibility index (Phi) is 5.40. The fraction of sp³-hybridized carbons (Fsp3) is 0.188. The number of hydrogen-bond acceptors (Lipinski definition) is 8. The standard InChI is InChI=1S/C16H14F3N7S/c1-9-2-4-10(5-3-9)22-14-25-12(24-13(20)26-14)8-27-15-21-7-6-11(23-15)16(17,18)19/h2-7H,8H2,1H3,(H3,20,22,24,25,26). The van der Waals surface area contributed by atoms with Crippen LogP contribution in [-0.2, 0) is 11.9 Å². The molecule has 0 radical (unpaired) electrons. The van der Waals surface area contributed by atoms with Gasteiger partial charge in [-0.3, -0.25) is 0 Å². The van der Waals surface area contributed by atoms with Crippen molar-refractivity contribution in [3.63, 3.8) is 0 Å². The molecule has 0 saturated carbocycles. The second kappa shape index (κ2) is 7.74. The summed E-state index contributed by atoms with van der Waals surface area (Å²) in [5, 5.41) is 2.98. The maximum Gasteiger partial charge on any atom is 0.433 e. The van der Waals surface area contributed by atoms with Gasteiger partial charge in [-0.05, 0) is 25.1 Å². The first-order valence-corrected chi connectivity index (χ1v) is 8.65. The highest BCUT2D eigenvalue weighted by molar-refractivity contribution is 7.98. The number of halogens is 3. The molecule has 7 nitrogen and oxygen atoms in total. The zero-order valence-electron chi connectivity index (χ0n) is 14.0. The van der Waals surface area contributed by atoms with E-state index in [1.165, 1.54) is 0 Å². The van der Waals surface area contributed by atoms with Crippen molar-refractivity contribution in [3.05, 3.63) is 53.6 Å². The molecule has 2 aromatic heterocycles. The highest BCUT2D eigenvalue weighted by atomic mass is 32.2. The van der Waals surface area contributed by atoms with Crippen LogP contribution in [0.5, 0.6) is 0 Å². The van der Waals surface area contributed by atoms with Gasteiger partial charge in [0.15, 0.2) is 5.16 Å². The molecule has 11 heteroatoms. The molecular weight excluding hydrogens is 379 g/mol. The molecule has 0 atom stereocenters. The molecule has 0 aliphatic rings. The summed E-state index contributed by atoms with van der Waals surface area (Å²) >= 11 is 0.971. The van der Waals surface area contributed by atoms with Crippen molar-refractivity contribution in [2.45, 2.75) is 24.0 Å². The van der Waals surface area contributed by atoms with Gasteiger partial charge in [-0.25, -0.2) is 9.97 Å². The van der Waals surface area contributed by atoms with Crippen molar-refractivity contribution in [3.8, 4) is 0 Å². The Hall–Kier alpha value is -2.95. The molecule has 2 heterocycles. The smallest absolute Gasteiger partial charge is 0.368 e. The van der Waals surface area contributed by atoms with Crippen LogP contribution < -0.4 is 11.1 Å². The number of rotatable bonds is 5. The van der Waals surface area contributed by atoms with Gasteiger partial charge in [0.1, 0.15) is 11.5 Å². The van der Waals surface area contributed by atoms with E-state index in [-0.39, 0.29) is 22.8 Å². The number of nitrogens with two attached hydrogens (primary N) is 1. The summed E-state index contributed by atoms with van der Waals surface area (Å²) in [5.41, 5.74) is 6.57. The Morgan fingerprint density at radius 3 is 2.48 bits per heavy atom. The van der Waals surface area contributed by atoms with Crippen LogP contribution >= 0.6 is 11.8 Å². The zero-order valence-corrected chi connectivity index (χ0v) is 14.8. The van der Waals surface area contributed by atoms with E-state index in [4.69, 9.17) is 5.73 Å². The molecule has 0 fully saturated rings. The third-order valence-electron chi connectivity index (χ3n) is 3.26. The third-order valence-corrected chi connectivity index (χ3v) is 4.12. The van der Waals surface area contributed by atoms with Crippen molar-refractivity contribution in [2.75, 3.05) is 11.1 Å². The molecule has 0 unspecified atom stereocenters. The first-order chi connectivity index (χ1) is 12.8. The highest BCUT2D eigenvalue weighted by Gasteiger charge is 2.32. The number of anilines is 3. The normalized spacial score (nSPS) is 11.4. The zero-order chi connectivity index (χ0) is 19.4. The van der Waals surface area contributed by atoms with E-state index in [2.05, 4.69) is 30.2 Å². The van der Waals surface area contributed by atoms with Crippen LogP contribution in [0.25, 0.3) is 0 Å². The van der Waals surface area contributed by atoms with Crippen molar-refractivity contribution >= 4 is 29.3 Å². The van der Waals surface area contributed by atoms with E-state index < -0.39 is 11.9 Å². The quantitative estimate of drug-likeness (QED) is 0.501. The summed E-state index contributed by atoms with van der Waals surface area (Å²) in [6.07, 6.45) is -3.47. The molecule has 0 aliphatic heterocycles. The lowest BCUT2D eigenvalue weighted by molar-refractivity contribution is -0.141. The lowest BCUT2D eigenvalue weighted by atomic mass is 10.2. The number of aryl methyl sites for hydroxylation is 1. The van der Waals surface area contributed by atoms with Gasteiger partial charge < -0.3 is 11.1 Å². The average molecular weight is 393 g/mol. The van der Waals surface area contributed by atoms with Crippen molar-refractivity contribution in [1.82, 2.24) is 24.9 Å². The van der Waals surface area contributed by atoms with Gasteiger partial charge in [0.25, 0.3) is 0 Å². The van der Waals surface area contributed by atoms with E-state index in [0.29, 0.717) is 5.82 Å². The van der Waals surface area contributed by atoms with Gasteiger partial charge in [-0.1, -0.05) is 29.5 Å². The molecule has 3 aromatic rings. The highest BCUT2D eigenvalue weighted by Crippen LogP contribution is 2.29. The van der Waals surface area contributed by atoms with Gasteiger partial charge in [0, 0.05) is 11.9 Å². The molecule has 27 heavy (non-hydrogen) atoms. The Balaban J connectivity index is 1.72. The SMILES string of the molecule is Cc1ccc(Nc2nc(N)nc(CSc3nccc(C(F)(F)F)n3)n2)cc1. The molecule has 3 rings (SSSR count). The van der Waals surface area contributed by atoms with Crippen molar-refractivity contribution in [2.24, 2.45) is 0 Å². The molecule has 0 saturated heterocycles. The van der Waals surface area contributed by atoms with E-state index in [0.717, 1.165) is 35.3 Å². The fourth-order valence-electron chi connectivity index (χ4n) is 2.02. The van der Waals surface area contributed by atoms with Crippen LogP contribution in [0.1, 0.15) is 17.1 Å². The minimum absolute atomic E-state index is 0.000160. The fourth-order valence-corrected chi connectivity index (χ4v) is 2.71. The summed E-state index contributed by atoms with van der Waals surface area (Å²) in [4.78, 5) is 19.5. The first-order valence-electron chi connectivity index (χ1n) is 7.67. The second-order valence-electron chi connectivity index (χ2n) is 5.44. The third kappa shape index (κ3) is 5.26. The minimum atomic E-state index is -4.53. The molecule has 140 valence electrons. The van der Waals surface area contributed by atoms with Crippen molar-refractivity contribution in [1.29, 1.82) is 0 Å². The van der Waals surface area contributed by atoms with E-state index in [9.17, 15) is 13.2 Å². The number of benzene rings is 1. The van der Waals surface area contributed by atoms with Crippen LogP contribution in [0, 0.1) is 6.92 Å². The Labute approximate surface area is 156 Å². The van der Waals surface area contributed by atoms with Crippen molar-refractivity contribution < 1.29 is 13.2 Å². The van der Waals surface area contributed by atoms with Gasteiger partial charge >= 0.3 is 6.18 Å². The predicted molar refractivity (Wildman–Crippen MR) is 95.3 cm³/mol. The van der Waals surface area contributed by atoms with Crippen LogP contribution in [0.4, 0.5) is 30.8 Å². The maximum absolute atomic E-state index is 12.7. The molecule has 1 aromatic carbocycles. The number of aromatic nitrogens is 5. The number of nitrogens with one attached hydrogen (secondary N) is 1. The monoisotopic (exact) mass is 393 g/mol. The minimum Gasteiger partial charge on any atom is -0.368 e. The number of thioether (sulfide) groups is 1. The summed E-state index contributed by atoms with van der Waals surface area (Å²) < 4.78 is 38.1. The van der Waals surface area contributed by atoms with Gasteiger partial charge in [-0.15, -0.1) is 0 Å². The van der Waals surface area contributed by atoms with E-state index in [1.54, 1.807) is 0 Å². The summed E-state index contributed by atoms with van der Waals surface area (Å²) in [7, 11) is 0. The molecular formula is C16H14F3N7S. The van der Waals surface area contributed by atoms with Crippen LogP contribution in [0.15, 0.2) is 41.7 Å². The molecule has 0 bridgehead atoms. The summed E-state index contributed by atoms with van der Waals surface area (Å²) in [6, 6.07) is 8.39. The van der Waals surface area contributed by atoms with Crippen LogP contribution in [-0.4, -0.2) is 24.9 Å². The predicted octanol–water partition coefficient (Wildman–Crippen LogP) is 3.61. The molecule has 3 N–H and O–H groups in total. The molecule has 0 amide bonds. The van der Waals surface area contributed by atoms with Gasteiger partial charge in [0.05, 0.1) is 5.75 Å². The lowest BCUT2D eigenvalue weighted by Crippen LogP contribution is -2.09. The molecule has 0 spiro atoms. The number of nitrogens with zero attached hydrogens (tertiary/aromatic N) is 5. The largest absolute Gasteiger partial charge is 0.433 e. The number of nitrogen functional groups attached to an aromatic ring is 1. The van der Waals surface area contributed by atoms with Crippen LogP contribution in [0.2, 0.25) is 0 Å². The Morgan fingerprint density at radius 2 is 1.78 bits per heavy atom. The van der Waals surface area contributed by atoms with Gasteiger partial charge in [0.2, 0.25) is 11.9 Å². The Morgan fingerprint density at radius 1 is 1.04 bits per heavy atom. The average Bonchev–Trinajstić information content (AvgIpc) is 2.61. The number of alkyl halides is 3. The Bertz CT molecular complexity index is 932. The van der Waals surface area contributed by atoms with Gasteiger partial charge in [-0.2, -0.15) is 28.1 Å². The summed E-state index contributed by atoms with van der Waals surface area (Å²) in [5.74, 6) is 0.673. The van der Waals surface area contributed by atoms with E-state index in [1.807, 2.05) is 31.2 Å². The maximum atomic E-state index is 12.7. The summed E-state index contributed by atoms with van der Waals surface area (Å²) in [6.45, 7) is 1.97.